The summed E-state index contributed by atoms with van der Waals surface area (Å²) in [6.07, 6.45) is 0.561. The number of rotatable bonds is 3. The van der Waals surface area contributed by atoms with Gasteiger partial charge < -0.3 is 4.74 Å². The first-order chi connectivity index (χ1) is 8.13. The van der Waals surface area contributed by atoms with Gasteiger partial charge in [0.05, 0.1) is 12.6 Å². The predicted octanol–water partition coefficient (Wildman–Crippen LogP) is 1.22. The number of hydrazine groups is 1. The van der Waals surface area contributed by atoms with E-state index < -0.39 is 11.3 Å². The van der Waals surface area contributed by atoms with Crippen LogP contribution in [-0.2, 0) is 11.3 Å². The van der Waals surface area contributed by atoms with E-state index in [4.69, 9.17) is 9.29 Å². The molecule has 2 unspecified atom stereocenters. The molecule has 2 atom stereocenters. The van der Waals surface area contributed by atoms with Crippen LogP contribution in [0.3, 0.4) is 0 Å². The van der Waals surface area contributed by atoms with Crippen LogP contribution in [0.2, 0.25) is 0 Å². The third kappa shape index (κ3) is 2.47. The Hall–Kier alpha value is -1.02. The Balaban J connectivity index is 2.37. The second-order valence-electron chi connectivity index (χ2n) is 3.62. The molecule has 0 saturated carbocycles. The highest BCUT2D eigenvalue weighted by atomic mass is 32.2. The van der Waals surface area contributed by atoms with Crippen molar-refractivity contribution in [3.63, 3.8) is 0 Å². The van der Waals surface area contributed by atoms with Crippen molar-refractivity contribution < 1.29 is 17.9 Å². The first-order valence-electron chi connectivity index (χ1n) is 5.13. The molecule has 7 heteroatoms. The number of hydrogen-bond donors (Lipinski definition) is 2. The first-order valence-corrected chi connectivity index (χ1v) is 6.19. The van der Waals surface area contributed by atoms with E-state index in [-0.39, 0.29) is 11.9 Å². The average Bonchev–Trinajstić information content (AvgIpc) is 2.29. The second kappa shape index (κ2) is 5.09. The van der Waals surface area contributed by atoms with E-state index in [1.165, 1.54) is 16.5 Å². The molecular formula is C10H13FN2O3S. The van der Waals surface area contributed by atoms with Crippen LogP contribution in [0.5, 0.6) is 5.75 Å². The summed E-state index contributed by atoms with van der Waals surface area (Å²) in [5.41, 5.74) is 3.36. The molecule has 0 radical (unpaired) electrons. The molecule has 2 rings (SSSR count). The Labute approximate surface area is 101 Å². The number of nitrogens with one attached hydrogen (secondary N) is 1. The van der Waals surface area contributed by atoms with Crippen molar-refractivity contribution >= 4 is 11.3 Å². The zero-order valence-electron chi connectivity index (χ0n) is 9.22. The number of benzene rings is 1. The quantitative estimate of drug-likeness (QED) is 0.633. The first kappa shape index (κ1) is 12.4. The molecule has 1 aliphatic heterocycles. The number of halogens is 1. The van der Waals surface area contributed by atoms with Crippen LogP contribution in [0.1, 0.15) is 18.0 Å². The smallest absolute Gasteiger partial charge is 0.249 e. The minimum atomic E-state index is -2.14. The molecule has 0 bridgehead atoms. The van der Waals surface area contributed by atoms with E-state index in [0.717, 1.165) is 0 Å². The zero-order valence-corrected chi connectivity index (χ0v) is 10.0. The number of nitrogens with zero attached hydrogens (tertiary/aromatic N) is 1. The highest BCUT2D eigenvalue weighted by molar-refractivity contribution is 7.76. The van der Waals surface area contributed by atoms with Crippen molar-refractivity contribution in [1.82, 2.24) is 9.84 Å². The predicted molar refractivity (Wildman–Crippen MR) is 60.9 cm³/mol. The summed E-state index contributed by atoms with van der Waals surface area (Å²) < 4.78 is 39.9. The molecule has 1 aliphatic rings. The van der Waals surface area contributed by atoms with Crippen LogP contribution in [0.4, 0.5) is 4.39 Å². The summed E-state index contributed by atoms with van der Waals surface area (Å²) >= 11 is -2.14. The van der Waals surface area contributed by atoms with E-state index in [0.29, 0.717) is 24.3 Å². The Morgan fingerprint density at radius 3 is 3.06 bits per heavy atom. The standard InChI is InChI=1S/C10H13FN2O3S/c1-12-13(17(14)15)9-4-5-16-10-6-7(11)2-3-8(9)10/h2-3,6,9,12H,4-5H2,1H3,(H,14,15). The van der Waals surface area contributed by atoms with E-state index in [9.17, 15) is 8.60 Å². The van der Waals surface area contributed by atoms with Crippen molar-refractivity contribution in [2.75, 3.05) is 13.7 Å². The van der Waals surface area contributed by atoms with Gasteiger partial charge in [-0.2, -0.15) is 0 Å². The van der Waals surface area contributed by atoms with Crippen LogP contribution >= 0.6 is 0 Å². The summed E-state index contributed by atoms with van der Waals surface area (Å²) in [7, 11) is 1.56. The maximum atomic E-state index is 13.0. The third-order valence-electron chi connectivity index (χ3n) is 2.66. The maximum Gasteiger partial charge on any atom is 0.249 e. The lowest BCUT2D eigenvalue weighted by molar-refractivity contribution is 0.177. The lowest BCUT2D eigenvalue weighted by Gasteiger charge is -2.32. The van der Waals surface area contributed by atoms with E-state index >= 15 is 0 Å². The minimum Gasteiger partial charge on any atom is -0.493 e. The second-order valence-corrected chi connectivity index (χ2v) is 4.47. The molecule has 1 heterocycles. The van der Waals surface area contributed by atoms with Gasteiger partial charge in [0.1, 0.15) is 11.6 Å². The van der Waals surface area contributed by atoms with Crippen molar-refractivity contribution in [3.05, 3.63) is 29.6 Å². The molecule has 0 amide bonds. The van der Waals surface area contributed by atoms with E-state index in [1.54, 1.807) is 13.1 Å². The molecule has 0 aromatic heterocycles. The minimum absolute atomic E-state index is 0.310. The molecule has 5 nitrogen and oxygen atoms in total. The van der Waals surface area contributed by atoms with Gasteiger partial charge in [-0.3, -0.25) is 4.55 Å². The van der Waals surface area contributed by atoms with Crippen LogP contribution < -0.4 is 10.2 Å². The fraction of sp³-hybridized carbons (Fsp3) is 0.400. The van der Waals surface area contributed by atoms with Gasteiger partial charge in [-0.15, -0.1) is 4.41 Å². The van der Waals surface area contributed by atoms with Crippen LogP contribution in [0.25, 0.3) is 0 Å². The Bertz CT molecular complexity index is 444. The van der Waals surface area contributed by atoms with Gasteiger partial charge in [0.25, 0.3) is 0 Å². The van der Waals surface area contributed by atoms with Gasteiger partial charge in [-0.25, -0.2) is 14.0 Å². The number of ether oxygens (including phenoxy) is 1. The van der Waals surface area contributed by atoms with Crippen molar-refractivity contribution in [1.29, 1.82) is 0 Å². The monoisotopic (exact) mass is 260 g/mol. The summed E-state index contributed by atoms with van der Waals surface area (Å²) in [6.45, 7) is 0.385. The Morgan fingerprint density at radius 2 is 2.41 bits per heavy atom. The zero-order chi connectivity index (χ0) is 12.4. The molecule has 0 aliphatic carbocycles. The molecule has 1 aromatic carbocycles. The summed E-state index contributed by atoms with van der Waals surface area (Å²) in [5, 5.41) is 0. The molecule has 0 saturated heterocycles. The van der Waals surface area contributed by atoms with Gasteiger partial charge in [0, 0.05) is 18.1 Å². The summed E-state index contributed by atoms with van der Waals surface area (Å²) in [6, 6.07) is 3.87. The summed E-state index contributed by atoms with van der Waals surface area (Å²) in [5.74, 6) is 0.0393. The normalized spacial score (nSPS) is 20.8. The lowest BCUT2D eigenvalue weighted by atomic mass is 10.0. The van der Waals surface area contributed by atoms with Gasteiger partial charge in [0.15, 0.2) is 0 Å². The molecular weight excluding hydrogens is 247 g/mol. The van der Waals surface area contributed by atoms with Gasteiger partial charge in [0.2, 0.25) is 11.3 Å². The van der Waals surface area contributed by atoms with Crippen LogP contribution in [-0.4, -0.2) is 26.8 Å². The highest BCUT2D eigenvalue weighted by Crippen LogP contribution is 2.35. The van der Waals surface area contributed by atoms with Crippen molar-refractivity contribution in [2.45, 2.75) is 12.5 Å². The fourth-order valence-electron chi connectivity index (χ4n) is 1.93. The van der Waals surface area contributed by atoms with E-state index in [2.05, 4.69) is 5.43 Å². The largest absolute Gasteiger partial charge is 0.493 e. The number of fused-ring (bicyclic) bond motifs is 1. The summed E-state index contributed by atoms with van der Waals surface area (Å²) in [4.78, 5) is 0. The fourth-order valence-corrected chi connectivity index (χ4v) is 2.52. The lowest BCUT2D eigenvalue weighted by Crippen LogP contribution is -2.41. The number of hydrogen-bond acceptors (Lipinski definition) is 3. The molecule has 2 N–H and O–H groups in total. The third-order valence-corrected chi connectivity index (χ3v) is 3.43. The molecule has 94 valence electrons. The Kier molecular flexibility index (Phi) is 3.72. The van der Waals surface area contributed by atoms with Gasteiger partial charge >= 0.3 is 0 Å². The molecule has 17 heavy (non-hydrogen) atoms. The van der Waals surface area contributed by atoms with Crippen LogP contribution in [0.15, 0.2) is 18.2 Å². The van der Waals surface area contributed by atoms with Gasteiger partial charge in [-0.05, 0) is 13.1 Å². The average molecular weight is 260 g/mol. The van der Waals surface area contributed by atoms with Crippen molar-refractivity contribution in [3.8, 4) is 5.75 Å². The molecule has 0 fully saturated rings. The van der Waals surface area contributed by atoms with Crippen molar-refractivity contribution in [2.24, 2.45) is 0 Å². The van der Waals surface area contributed by atoms with Gasteiger partial charge in [-0.1, -0.05) is 6.07 Å². The molecule has 1 aromatic rings. The van der Waals surface area contributed by atoms with Crippen LogP contribution in [0, 0.1) is 5.82 Å². The Morgan fingerprint density at radius 1 is 1.65 bits per heavy atom. The van der Waals surface area contributed by atoms with E-state index in [1.807, 2.05) is 0 Å². The maximum absolute atomic E-state index is 13.0. The SMILES string of the molecule is CNN(C1CCOc2cc(F)ccc21)S(=O)O. The molecule has 0 spiro atoms. The highest BCUT2D eigenvalue weighted by Gasteiger charge is 2.29. The topological polar surface area (TPSA) is 61.8 Å².